The molecule has 0 bridgehead atoms. The van der Waals surface area contributed by atoms with E-state index in [2.05, 4.69) is 11.3 Å². The van der Waals surface area contributed by atoms with Gasteiger partial charge in [-0.25, -0.2) is 4.79 Å². The van der Waals surface area contributed by atoms with Gasteiger partial charge in [0.15, 0.2) is 0 Å². The second kappa shape index (κ2) is 10.2. The van der Waals surface area contributed by atoms with Crippen LogP contribution < -0.4 is 0 Å². The quantitative estimate of drug-likeness (QED) is 0.503. The lowest BCUT2D eigenvalue weighted by molar-refractivity contribution is 0.183. The molecule has 0 atom stereocenters. The number of carbonyl (C=O) groups excluding carboxylic acids is 1. The lowest BCUT2D eigenvalue weighted by Crippen LogP contribution is -1.96. The van der Waals surface area contributed by atoms with Crippen LogP contribution in [0.2, 0.25) is 0 Å². The van der Waals surface area contributed by atoms with E-state index < -0.39 is 5.43 Å². The SMILES string of the molecule is C=C/C=C(\C)COC(=O)Cl.CC. The second-order valence-electron chi connectivity index (χ2n) is 1.78. The molecule has 0 N–H and O–H groups in total. The van der Waals surface area contributed by atoms with Gasteiger partial charge in [-0.2, -0.15) is 0 Å². The van der Waals surface area contributed by atoms with Crippen LogP contribution >= 0.6 is 11.6 Å². The van der Waals surface area contributed by atoms with E-state index in [-0.39, 0.29) is 6.61 Å². The smallest absolute Gasteiger partial charge is 0.404 e. The molecular formula is C9H15ClO2. The van der Waals surface area contributed by atoms with Gasteiger partial charge in [0.1, 0.15) is 6.61 Å². The predicted octanol–water partition coefficient (Wildman–Crippen LogP) is 3.52. The van der Waals surface area contributed by atoms with Crippen molar-refractivity contribution in [3.8, 4) is 0 Å². The molecule has 0 heterocycles. The van der Waals surface area contributed by atoms with E-state index in [0.29, 0.717) is 0 Å². The molecule has 0 aromatic rings. The average molecular weight is 191 g/mol. The van der Waals surface area contributed by atoms with Crippen LogP contribution in [0, 0.1) is 0 Å². The van der Waals surface area contributed by atoms with Gasteiger partial charge in [-0.15, -0.1) is 0 Å². The van der Waals surface area contributed by atoms with Gasteiger partial charge < -0.3 is 4.74 Å². The van der Waals surface area contributed by atoms with Crippen LogP contribution in [-0.2, 0) is 4.74 Å². The molecule has 0 unspecified atom stereocenters. The van der Waals surface area contributed by atoms with Crippen LogP contribution in [0.15, 0.2) is 24.3 Å². The Balaban J connectivity index is 0. The van der Waals surface area contributed by atoms with Gasteiger partial charge in [0.25, 0.3) is 0 Å². The largest absolute Gasteiger partial charge is 0.449 e. The molecule has 0 rings (SSSR count). The summed E-state index contributed by atoms with van der Waals surface area (Å²) in [7, 11) is 0. The van der Waals surface area contributed by atoms with E-state index in [0.717, 1.165) is 5.57 Å². The van der Waals surface area contributed by atoms with Gasteiger partial charge in [0.05, 0.1) is 0 Å². The van der Waals surface area contributed by atoms with Gasteiger partial charge in [-0.3, -0.25) is 0 Å². The molecule has 0 saturated carbocycles. The molecule has 0 aromatic heterocycles. The first-order chi connectivity index (χ1) is 5.66. The van der Waals surface area contributed by atoms with E-state index in [9.17, 15) is 4.79 Å². The Labute approximate surface area is 78.9 Å². The fourth-order valence-corrected chi connectivity index (χ4v) is 0.474. The summed E-state index contributed by atoms with van der Waals surface area (Å²) in [6.07, 6.45) is 3.37. The summed E-state index contributed by atoms with van der Waals surface area (Å²) in [6.45, 7) is 9.53. The standard InChI is InChI=1S/C7H9ClO2.C2H6/c1-3-4-6(2)5-10-7(8)9;1-2/h3-4H,1,5H2,2H3;1-2H3/b6-4+;. The van der Waals surface area contributed by atoms with E-state index >= 15 is 0 Å². The minimum atomic E-state index is -0.781. The highest BCUT2D eigenvalue weighted by molar-refractivity contribution is 6.61. The molecular weight excluding hydrogens is 176 g/mol. The third-order valence-electron chi connectivity index (χ3n) is 0.816. The number of halogens is 1. The molecule has 0 spiro atoms. The van der Waals surface area contributed by atoms with E-state index in [1.165, 1.54) is 0 Å². The lowest BCUT2D eigenvalue weighted by Gasteiger charge is -1.97. The maximum absolute atomic E-state index is 10.0. The Kier molecular flexibility index (Phi) is 11.8. The van der Waals surface area contributed by atoms with Crippen molar-refractivity contribution < 1.29 is 9.53 Å². The van der Waals surface area contributed by atoms with Crippen molar-refractivity contribution in [1.82, 2.24) is 0 Å². The molecule has 0 fully saturated rings. The van der Waals surface area contributed by atoms with Crippen molar-refractivity contribution in [2.75, 3.05) is 6.61 Å². The zero-order valence-corrected chi connectivity index (χ0v) is 8.52. The third kappa shape index (κ3) is 12.0. The Morgan fingerprint density at radius 3 is 2.42 bits per heavy atom. The number of hydrogen-bond donors (Lipinski definition) is 0. The molecule has 0 radical (unpaired) electrons. The summed E-state index contributed by atoms with van der Waals surface area (Å²) in [4.78, 5) is 10.0. The molecule has 3 heteroatoms. The normalized spacial score (nSPS) is 9.50. The Hall–Kier alpha value is -0.760. The molecule has 12 heavy (non-hydrogen) atoms. The number of hydrogen-bond acceptors (Lipinski definition) is 2. The molecule has 0 aliphatic carbocycles. The topological polar surface area (TPSA) is 26.3 Å². The number of ether oxygens (including phenoxy) is 1. The number of allylic oxidation sites excluding steroid dienone is 2. The summed E-state index contributed by atoms with van der Waals surface area (Å²) in [5.41, 5.74) is 0.126. The zero-order valence-electron chi connectivity index (χ0n) is 7.76. The maximum atomic E-state index is 10.0. The zero-order chi connectivity index (χ0) is 9.98. The molecule has 0 aromatic carbocycles. The average Bonchev–Trinajstić information content (AvgIpc) is 2.05. The van der Waals surface area contributed by atoms with Gasteiger partial charge in [-0.1, -0.05) is 32.6 Å². The van der Waals surface area contributed by atoms with Crippen LogP contribution in [0.5, 0.6) is 0 Å². The summed E-state index contributed by atoms with van der Waals surface area (Å²) in [5, 5.41) is 0. The van der Waals surface area contributed by atoms with Gasteiger partial charge in [0.2, 0.25) is 0 Å². The van der Waals surface area contributed by atoms with E-state index in [1.54, 1.807) is 12.2 Å². The molecule has 0 amide bonds. The molecule has 0 saturated heterocycles. The summed E-state index contributed by atoms with van der Waals surface area (Å²) in [6, 6.07) is 0. The predicted molar refractivity (Wildman–Crippen MR) is 52.5 cm³/mol. The van der Waals surface area contributed by atoms with Gasteiger partial charge in [-0.05, 0) is 12.5 Å². The van der Waals surface area contributed by atoms with Crippen LogP contribution in [0.4, 0.5) is 4.79 Å². The van der Waals surface area contributed by atoms with Crippen LogP contribution in [0.25, 0.3) is 0 Å². The van der Waals surface area contributed by atoms with Gasteiger partial charge in [0, 0.05) is 11.6 Å². The minimum absolute atomic E-state index is 0.231. The Morgan fingerprint density at radius 2 is 2.08 bits per heavy atom. The summed E-state index contributed by atoms with van der Waals surface area (Å²) < 4.78 is 4.47. The molecule has 70 valence electrons. The maximum Gasteiger partial charge on any atom is 0.404 e. The van der Waals surface area contributed by atoms with Crippen LogP contribution in [0.3, 0.4) is 0 Å². The van der Waals surface area contributed by atoms with E-state index in [1.807, 2.05) is 20.8 Å². The highest BCUT2D eigenvalue weighted by Gasteiger charge is 1.94. The fourth-order valence-electron chi connectivity index (χ4n) is 0.420. The van der Waals surface area contributed by atoms with Crippen LogP contribution in [0.1, 0.15) is 20.8 Å². The molecule has 2 nitrogen and oxygen atoms in total. The fraction of sp³-hybridized carbons (Fsp3) is 0.444. The second-order valence-corrected chi connectivity index (χ2v) is 2.08. The Bertz CT molecular complexity index is 162. The first-order valence-corrected chi connectivity index (χ1v) is 4.15. The van der Waals surface area contributed by atoms with Crippen molar-refractivity contribution in [2.24, 2.45) is 0 Å². The minimum Gasteiger partial charge on any atom is -0.449 e. The first-order valence-electron chi connectivity index (χ1n) is 3.77. The van der Waals surface area contributed by atoms with Crippen molar-refractivity contribution in [2.45, 2.75) is 20.8 Å². The van der Waals surface area contributed by atoms with Gasteiger partial charge >= 0.3 is 5.43 Å². The summed E-state index contributed by atoms with van der Waals surface area (Å²) in [5.74, 6) is 0. The first kappa shape index (κ1) is 13.8. The highest BCUT2D eigenvalue weighted by atomic mass is 35.5. The lowest BCUT2D eigenvalue weighted by atomic mass is 10.3. The monoisotopic (exact) mass is 190 g/mol. The molecule has 0 aliphatic heterocycles. The number of carbonyl (C=O) groups is 1. The summed E-state index contributed by atoms with van der Waals surface area (Å²) >= 11 is 4.91. The van der Waals surface area contributed by atoms with Crippen molar-refractivity contribution in [1.29, 1.82) is 0 Å². The number of rotatable bonds is 3. The Morgan fingerprint density at radius 1 is 1.58 bits per heavy atom. The van der Waals surface area contributed by atoms with Crippen LogP contribution in [-0.4, -0.2) is 12.0 Å². The van der Waals surface area contributed by atoms with Crippen molar-refractivity contribution >= 4 is 17.0 Å². The van der Waals surface area contributed by atoms with Crippen molar-refractivity contribution in [3.05, 3.63) is 24.3 Å². The highest BCUT2D eigenvalue weighted by Crippen LogP contribution is 1.96. The third-order valence-corrected chi connectivity index (χ3v) is 0.925. The van der Waals surface area contributed by atoms with E-state index in [4.69, 9.17) is 11.6 Å². The van der Waals surface area contributed by atoms with Crippen molar-refractivity contribution in [3.63, 3.8) is 0 Å². The molecule has 0 aliphatic rings.